The van der Waals surface area contributed by atoms with Gasteiger partial charge in [0.05, 0.1) is 0 Å². The lowest BCUT2D eigenvalue weighted by molar-refractivity contribution is 0.744. The van der Waals surface area contributed by atoms with Crippen LogP contribution in [0.15, 0.2) is 0 Å². The highest BCUT2D eigenvalue weighted by molar-refractivity contribution is 7.80. The Morgan fingerprint density at radius 3 is 2.38 bits per heavy atom. The number of rotatable bonds is 4. The Hall–Kier alpha value is 0.0900. The Morgan fingerprint density at radius 2 is 2.00 bits per heavy atom. The maximum Gasteiger partial charge on any atom is -0.0102 e. The van der Waals surface area contributed by atoms with Gasteiger partial charge in [0, 0.05) is 0 Å². The predicted octanol–water partition coefficient (Wildman–Crippen LogP) is 2.96. The molecular formula is C7H14S. The molecule has 48 valence electrons. The molecule has 0 aromatic rings. The van der Waals surface area contributed by atoms with Gasteiger partial charge in [-0.25, -0.2) is 0 Å². The largest absolute Gasteiger partial charge is 0.0900 e. The molecule has 0 aromatic heterocycles. The average Bonchev–Trinajstić information content (AvgIpc) is 1.66. The van der Waals surface area contributed by atoms with Gasteiger partial charge in [0.1, 0.15) is 0 Å². The number of thiocarbonyl (C=S) groups is 1. The summed E-state index contributed by atoms with van der Waals surface area (Å²) in [6.45, 7) is 4.23. The van der Waals surface area contributed by atoms with E-state index in [0.29, 0.717) is 0 Å². The zero-order valence-corrected chi connectivity index (χ0v) is 6.55. The van der Waals surface area contributed by atoms with E-state index in [1.165, 1.54) is 19.3 Å². The van der Waals surface area contributed by atoms with Gasteiger partial charge in [0.25, 0.3) is 0 Å². The van der Waals surface area contributed by atoms with Gasteiger partial charge in [-0.2, -0.15) is 0 Å². The van der Waals surface area contributed by atoms with E-state index in [1.54, 1.807) is 0 Å². The van der Waals surface area contributed by atoms with E-state index < -0.39 is 0 Å². The minimum Gasteiger partial charge on any atom is -0.0900 e. The minimum absolute atomic E-state index is 1.14. The minimum atomic E-state index is 1.14. The van der Waals surface area contributed by atoms with Crippen LogP contribution in [0.2, 0.25) is 0 Å². The van der Waals surface area contributed by atoms with E-state index in [-0.39, 0.29) is 0 Å². The highest BCUT2D eigenvalue weighted by atomic mass is 32.1. The molecule has 0 aliphatic carbocycles. The summed E-state index contributed by atoms with van der Waals surface area (Å²) in [7, 11) is 0. The number of hydrogen-bond acceptors (Lipinski definition) is 1. The van der Waals surface area contributed by atoms with Gasteiger partial charge in [-0.15, -0.1) is 0 Å². The number of unbranched alkanes of at least 4 members (excludes halogenated alkanes) is 2. The van der Waals surface area contributed by atoms with Gasteiger partial charge < -0.3 is 0 Å². The Morgan fingerprint density at radius 1 is 1.38 bits per heavy atom. The quantitative estimate of drug-likeness (QED) is 0.416. The van der Waals surface area contributed by atoms with Crippen LogP contribution in [0.25, 0.3) is 0 Å². The maximum atomic E-state index is 4.91. The van der Waals surface area contributed by atoms with Crippen molar-refractivity contribution < 1.29 is 0 Å². The van der Waals surface area contributed by atoms with E-state index in [1.807, 2.05) is 6.92 Å². The van der Waals surface area contributed by atoms with E-state index in [9.17, 15) is 0 Å². The van der Waals surface area contributed by atoms with Crippen molar-refractivity contribution in [3.05, 3.63) is 0 Å². The van der Waals surface area contributed by atoms with E-state index in [4.69, 9.17) is 12.2 Å². The van der Waals surface area contributed by atoms with Gasteiger partial charge in [0.15, 0.2) is 0 Å². The van der Waals surface area contributed by atoms with Crippen molar-refractivity contribution >= 4 is 17.1 Å². The molecule has 0 aliphatic heterocycles. The Kier molecular flexibility index (Phi) is 5.29. The standard InChI is InChI=1S/C7H14S/c1-3-4-5-6-7(2)8/h3-6H2,1-2H3. The molecule has 1 heteroatoms. The molecule has 0 saturated heterocycles. The summed E-state index contributed by atoms with van der Waals surface area (Å²) in [6.07, 6.45) is 5.05. The van der Waals surface area contributed by atoms with Crippen molar-refractivity contribution in [1.82, 2.24) is 0 Å². The summed E-state index contributed by atoms with van der Waals surface area (Å²) in [4.78, 5) is 1.15. The molecule has 0 N–H and O–H groups in total. The maximum absolute atomic E-state index is 4.91. The smallest absolute Gasteiger partial charge is 0.0102 e. The Labute approximate surface area is 57.3 Å². The Balaban J connectivity index is 2.82. The van der Waals surface area contributed by atoms with Crippen LogP contribution >= 0.6 is 12.2 Å². The highest BCUT2D eigenvalue weighted by Gasteiger charge is 1.86. The lowest BCUT2D eigenvalue weighted by Gasteiger charge is -1.93. The van der Waals surface area contributed by atoms with Crippen LogP contribution in [0.1, 0.15) is 39.5 Å². The first-order valence-electron chi connectivity index (χ1n) is 3.26. The molecule has 0 rings (SSSR count). The van der Waals surface area contributed by atoms with Crippen molar-refractivity contribution in [2.24, 2.45) is 0 Å². The fourth-order valence-electron chi connectivity index (χ4n) is 0.624. The molecule has 0 atom stereocenters. The fraction of sp³-hybridized carbons (Fsp3) is 0.857. The molecule has 0 bridgehead atoms. The van der Waals surface area contributed by atoms with Crippen LogP contribution in [-0.4, -0.2) is 4.86 Å². The second-order valence-electron chi connectivity index (χ2n) is 2.16. The van der Waals surface area contributed by atoms with Crippen LogP contribution in [0.3, 0.4) is 0 Å². The first-order valence-corrected chi connectivity index (χ1v) is 3.67. The predicted molar refractivity (Wildman–Crippen MR) is 42.4 cm³/mol. The molecule has 0 amide bonds. The van der Waals surface area contributed by atoms with E-state index >= 15 is 0 Å². The molecule has 0 spiro atoms. The molecule has 0 radical (unpaired) electrons. The zero-order chi connectivity index (χ0) is 6.41. The van der Waals surface area contributed by atoms with Crippen LogP contribution in [0.5, 0.6) is 0 Å². The highest BCUT2D eigenvalue weighted by Crippen LogP contribution is 1.99. The first kappa shape index (κ1) is 8.09. The van der Waals surface area contributed by atoms with Gasteiger partial charge >= 0.3 is 0 Å². The lowest BCUT2D eigenvalue weighted by atomic mass is 10.2. The van der Waals surface area contributed by atoms with Crippen LogP contribution in [-0.2, 0) is 0 Å². The molecule has 0 nitrogen and oxygen atoms in total. The summed E-state index contributed by atoms with van der Waals surface area (Å²) in [5.74, 6) is 0. The van der Waals surface area contributed by atoms with Gasteiger partial charge in [-0.1, -0.05) is 32.0 Å². The van der Waals surface area contributed by atoms with Crippen LogP contribution < -0.4 is 0 Å². The van der Waals surface area contributed by atoms with Gasteiger partial charge in [0.2, 0.25) is 0 Å². The molecule has 8 heavy (non-hydrogen) atoms. The van der Waals surface area contributed by atoms with Crippen molar-refractivity contribution in [1.29, 1.82) is 0 Å². The topological polar surface area (TPSA) is 0 Å². The zero-order valence-electron chi connectivity index (χ0n) is 5.74. The lowest BCUT2D eigenvalue weighted by Crippen LogP contribution is -1.84. The molecule has 0 fully saturated rings. The first-order chi connectivity index (χ1) is 3.77. The second-order valence-corrected chi connectivity index (χ2v) is 2.86. The SMILES string of the molecule is CCCCCC(C)=S. The summed E-state index contributed by atoms with van der Waals surface area (Å²) in [6, 6.07) is 0. The summed E-state index contributed by atoms with van der Waals surface area (Å²) < 4.78 is 0. The molecule has 0 aromatic carbocycles. The van der Waals surface area contributed by atoms with Gasteiger partial charge in [-0.05, 0) is 24.6 Å². The summed E-state index contributed by atoms with van der Waals surface area (Å²) in [5, 5.41) is 0. The molecule has 0 heterocycles. The molecule has 0 aliphatic rings. The van der Waals surface area contributed by atoms with Crippen molar-refractivity contribution in [2.45, 2.75) is 39.5 Å². The van der Waals surface area contributed by atoms with E-state index in [2.05, 4.69) is 6.92 Å². The van der Waals surface area contributed by atoms with Crippen molar-refractivity contribution in [3.8, 4) is 0 Å². The summed E-state index contributed by atoms with van der Waals surface area (Å²) >= 11 is 4.91. The second kappa shape index (κ2) is 5.23. The number of hydrogen-bond donors (Lipinski definition) is 0. The van der Waals surface area contributed by atoms with E-state index in [0.717, 1.165) is 11.3 Å². The monoisotopic (exact) mass is 130 g/mol. The fourth-order valence-corrected chi connectivity index (χ4v) is 0.768. The molecule has 0 unspecified atom stereocenters. The summed E-state index contributed by atoms with van der Waals surface area (Å²) in [5.41, 5.74) is 0. The van der Waals surface area contributed by atoms with Crippen molar-refractivity contribution in [2.75, 3.05) is 0 Å². The van der Waals surface area contributed by atoms with Crippen molar-refractivity contribution in [3.63, 3.8) is 0 Å². The van der Waals surface area contributed by atoms with Crippen LogP contribution in [0.4, 0.5) is 0 Å². The average molecular weight is 130 g/mol. The normalized spacial score (nSPS) is 9.25. The third kappa shape index (κ3) is 6.09. The van der Waals surface area contributed by atoms with Crippen LogP contribution in [0, 0.1) is 0 Å². The molecular weight excluding hydrogens is 116 g/mol. The Bertz CT molecular complexity index is 66.8. The van der Waals surface area contributed by atoms with Gasteiger partial charge in [-0.3, -0.25) is 0 Å². The third-order valence-corrected chi connectivity index (χ3v) is 1.34. The third-order valence-electron chi connectivity index (χ3n) is 1.13. The molecule has 0 saturated carbocycles.